The Morgan fingerprint density at radius 1 is 1.14 bits per heavy atom. The maximum atomic E-state index is 13.9. The fraction of sp³-hybridized carbons (Fsp3) is 0.222. The average Bonchev–Trinajstić information content (AvgIpc) is 2.63. The molecule has 2 amide bonds. The quantitative estimate of drug-likeness (QED) is 0.417. The molecule has 0 heterocycles. The molecule has 0 atom stereocenters. The molecule has 0 unspecified atom stereocenters. The van der Waals surface area contributed by atoms with Crippen LogP contribution in [0, 0.1) is 5.82 Å². The Labute approximate surface area is 156 Å². The number of halogens is 5. The number of alkyl halides is 4. The molecule has 2 rings (SSSR count). The van der Waals surface area contributed by atoms with E-state index in [1.807, 2.05) is 0 Å². The Balaban J connectivity index is 2.11. The highest BCUT2D eigenvalue weighted by Crippen LogP contribution is 2.28. The molecule has 0 aromatic heterocycles. The van der Waals surface area contributed by atoms with E-state index in [2.05, 4.69) is 15.0 Å². The van der Waals surface area contributed by atoms with Crippen LogP contribution in [0.3, 0.4) is 0 Å². The second-order valence-electron chi connectivity index (χ2n) is 5.25. The normalized spacial score (nSPS) is 12.0. The molecule has 5 nitrogen and oxygen atoms in total. The largest absolute Gasteiger partial charge is 0.477 e. The van der Waals surface area contributed by atoms with Gasteiger partial charge in [-0.15, -0.1) is 0 Å². The van der Waals surface area contributed by atoms with Gasteiger partial charge in [0.25, 0.3) is 0 Å². The van der Waals surface area contributed by atoms with Gasteiger partial charge in [0, 0.05) is 5.69 Å². The first-order valence-corrected chi connectivity index (χ1v) is 7.95. The molecule has 0 radical (unpaired) electrons. The van der Waals surface area contributed by atoms with Gasteiger partial charge in [-0.05, 0) is 43.3 Å². The molecular formula is C18H15F5N2O3. The highest BCUT2D eigenvalue weighted by atomic mass is 19.3. The number of nitrogens with one attached hydrogen (secondary N) is 1. The number of aliphatic imine (C=N–C) groups is 1. The van der Waals surface area contributed by atoms with Gasteiger partial charge in [0.1, 0.15) is 11.6 Å². The maximum absolute atomic E-state index is 13.9. The minimum atomic E-state index is -4.64. The predicted octanol–water partition coefficient (Wildman–Crippen LogP) is 5.08. The number of nitrogens with zero attached hydrogens (tertiary/aromatic N) is 1. The van der Waals surface area contributed by atoms with Crippen LogP contribution < -0.4 is 10.1 Å². The van der Waals surface area contributed by atoms with Crippen LogP contribution in [0.4, 0.5) is 32.4 Å². The number of carbonyl (C=O) groups excluding carboxylic acids is 1. The summed E-state index contributed by atoms with van der Waals surface area (Å²) in [6.45, 7) is 1.76. The van der Waals surface area contributed by atoms with Crippen molar-refractivity contribution in [2.24, 2.45) is 4.99 Å². The molecule has 0 saturated carbocycles. The van der Waals surface area contributed by atoms with Crippen molar-refractivity contribution in [2.75, 3.05) is 11.9 Å². The van der Waals surface area contributed by atoms with Crippen LogP contribution in [0.15, 0.2) is 53.5 Å². The highest BCUT2D eigenvalue weighted by molar-refractivity contribution is 6.04. The van der Waals surface area contributed by atoms with Crippen molar-refractivity contribution in [3.63, 3.8) is 0 Å². The molecule has 0 aliphatic carbocycles. The number of carbonyl (C=O) groups is 1. The topological polar surface area (TPSA) is 59.9 Å². The van der Waals surface area contributed by atoms with Gasteiger partial charge < -0.3 is 14.8 Å². The Morgan fingerprint density at radius 2 is 1.79 bits per heavy atom. The van der Waals surface area contributed by atoms with E-state index in [-0.39, 0.29) is 23.8 Å². The molecule has 0 aliphatic heterocycles. The smallest absolute Gasteiger partial charge is 0.461 e. The van der Waals surface area contributed by atoms with Crippen molar-refractivity contribution < 1.29 is 36.2 Å². The number of hydrogen-bond acceptors (Lipinski definition) is 3. The second-order valence-corrected chi connectivity index (χ2v) is 5.25. The fourth-order valence-electron chi connectivity index (χ4n) is 1.99. The van der Waals surface area contributed by atoms with Crippen molar-refractivity contribution >= 4 is 17.6 Å². The molecule has 2 aromatic rings. The number of rotatable bonds is 6. The van der Waals surface area contributed by atoms with E-state index in [1.54, 1.807) is 13.0 Å². The standard InChI is InChI=1S/C18H15F5N2O3/c1-2-27-15(13-5-3-4-6-14(13)19)25-17(26)24-11-7-9-12(10-8-11)28-18(22,23)16(20)21/h3-10,16H,2H2,1H3,(H,24,26). The molecule has 0 bridgehead atoms. The molecule has 0 saturated heterocycles. The Bertz CT molecular complexity index is 841. The summed E-state index contributed by atoms with van der Waals surface area (Å²) in [5, 5.41) is 2.31. The monoisotopic (exact) mass is 402 g/mol. The second kappa shape index (κ2) is 9.16. The summed E-state index contributed by atoms with van der Waals surface area (Å²) in [6, 6.07) is 8.87. The minimum Gasteiger partial charge on any atom is -0.477 e. The highest BCUT2D eigenvalue weighted by Gasteiger charge is 2.43. The Hall–Kier alpha value is -3.17. The van der Waals surface area contributed by atoms with Gasteiger partial charge in [-0.2, -0.15) is 22.6 Å². The third-order valence-corrected chi connectivity index (χ3v) is 3.20. The SMILES string of the molecule is CCOC(=NC(=O)Nc1ccc(OC(F)(F)C(F)F)cc1)c1ccccc1F. The van der Waals surface area contributed by atoms with Gasteiger partial charge in [0.15, 0.2) is 0 Å². The van der Waals surface area contributed by atoms with Gasteiger partial charge in [-0.25, -0.2) is 9.18 Å². The first-order valence-electron chi connectivity index (χ1n) is 7.95. The van der Waals surface area contributed by atoms with E-state index in [1.165, 1.54) is 18.2 Å². The van der Waals surface area contributed by atoms with Crippen molar-refractivity contribution in [3.05, 3.63) is 59.9 Å². The van der Waals surface area contributed by atoms with Gasteiger partial charge >= 0.3 is 18.6 Å². The Kier molecular flexibility index (Phi) is 6.91. The third-order valence-electron chi connectivity index (χ3n) is 3.20. The van der Waals surface area contributed by atoms with Crippen molar-refractivity contribution in [3.8, 4) is 5.75 Å². The zero-order chi connectivity index (χ0) is 20.7. The van der Waals surface area contributed by atoms with Crippen molar-refractivity contribution in [1.82, 2.24) is 0 Å². The summed E-state index contributed by atoms with van der Waals surface area (Å²) in [5.74, 6) is -1.40. The zero-order valence-electron chi connectivity index (χ0n) is 14.5. The number of hydrogen-bond donors (Lipinski definition) is 1. The van der Waals surface area contributed by atoms with Crippen LogP contribution in [0.2, 0.25) is 0 Å². The summed E-state index contributed by atoms with van der Waals surface area (Å²) in [7, 11) is 0. The van der Waals surface area contributed by atoms with E-state index < -0.39 is 30.1 Å². The lowest BCUT2D eigenvalue weighted by molar-refractivity contribution is -0.253. The average molecular weight is 402 g/mol. The third kappa shape index (κ3) is 5.66. The number of urea groups is 1. The summed E-state index contributed by atoms with van der Waals surface area (Å²) >= 11 is 0. The van der Waals surface area contributed by atoms with Crippen LogP contribution in [0.25, 0.3) is 0 Å². The van der Waals surface area contributed by atoms with Crippen molar-refractivity contribution in [1.29, 1.82) is 0 Å². The molecule has 28 heavy (non-hydrogen) atoms. The van der Waals surface area contributed by atoms with Crippen LogP contribution in [0.5, 0.6) is 5.75 Å². The van der Waals surface area contributed by atoms with Gasteiger partial charge in [-0.1, -0.05) is 12.1 Å². The van der Waals surface area contributed by atoms with E-state index in [0.717, 1.165) is 24.3 Å². The maximum Gasteiger partial charge on any atom is 0.461 e. The van der Waals surface area contributed by atoms with Crippen molar-refractivity contribution in [2.45, 2.75) is 19.5 Å². The Morgan fingerprint density at radius 3 is 2.36 bits per heavy atom. The lowest BCUT2D eigenvalue weighted by atomic mass is 10.2. The first-order chi connectivity index (χ1) is 13.2. The van der Waals surface area contributed by atoms with Crippen LogP contribution >= 0.6 is 0 Å². The summed E-state index contributed by atoms with van der Waals surface area (Å²) in [5.41, 5.74) is 0.100. The molecule has 0 fully saturated rings. The number of anilines is 1. The van der Waals surface area contributed by atoms with E-state index in [0.29, 0.717) is 0 Å². The number of ether oxygens (including phenoxy) is 2. The lowest BCUT2D eigenvalue weighted by Gasteiger charge is -2.16. The molecule has 150 valence electrons. The first kappa shape index (κ1) is 21.1. The van der Waals surface area contributed by atoms with E-state index >= 15 is 0 Å². The van der Waals surface area contributed by atoms with Crippen LogP contribution in [0.1, 0.15) is 12.5 Å². The molecule has 2 aromatic carbocycles. The summed E-state index contributed by atoms with van der Waals surface area (Å²) < 4.78 is 72.9. The summed E-state index contributed by atoms with van der Waals surface area (Å²) in [6.07, 6.45) is -8.63. The van der Waals surface area contributed by atoms with Gasteiger partial charge in [-0.3, -0.25) is 0 Å². The zero-order valence-corrected chi connectivity index (χ0v) is 14.5. The lowest BCUT2D eigenvalue weighted by Crippen LogP contribution is -2.33. The molecular weight excluding hydrogens is 387 g/mol. The van der Waals surface area contributed by atoms with Crippen LogP contribution in [-0.4, -0.2) is 31.1 Å². The van der Waals surface area contributed by atoms with E-state index in [9.17, 15) is 26.7 Å². The number of benzene rings is 2. The molecule has 10 heteroatoms. The van der Waals surface area contributed by atoms with Crippen LogP contribution in [-0.2, 0) is 4.74 Å². The molecule has 0 aliphatic rings. The fourth-order valence-corrected chi connectivity index (χ4v) is 1.99. The van der Waals surface area contributed by atoms with E-state index in [4.69, 9.17) is 4.74 Å². The molecule has 1 N–H and O–H groups in total. The molecule has 0 spiro atoms. The van der Waals surface area contributed by atoms with Gasteiger partial charge in [0.05, 0.1) is 12.2 Å². The van der Waals surface area contributed by atoms with Gasteiger partial charge in [0.2, 0.25) is 5.90 Å². The predicted molar refractivity (Wildman–Crippen MR) is 91.6 cm³/mol. The minimum absolute atomic E-state index is 0.0162. The number of amides is 2. The summed E-state index contributed by atoms with van der Waals surface area (Å²) in [4.78, 5) is 15.7.